The van der Waals surface area contributed by atoms with Crippen LogP contribution in [-0.2, 0) is 14.3 Å². The quantitative estimate of drug-likeness (QED) is 0.844. The summed E-state index contributed by atoms with van der Waals surface area (Å²) in [6.07, 6.45) is 0. The summed E-state index contributed by atoms with van der Waals surface area (Å²) in [4.78, 5) is 26.1. The molecular formula is C13H18N2O4S. The number of thiophene rings is 1. The highest BCUT2D eigenvalue weighted by atomic mass is 32.1. The first-order chi connectivity index (χ1) is 9.61. The van der Waals surface area contributed by atoms with Crippen LogP contribution in [0.3, 0.4) is 0 Å². The van der Waals surface area contributed by atoms with Crippen molar-refractivity contribution in [3.63, 3.8) is 0 Å². The number of anilines is 1. The zero-order valence-corrected chi connectivity index (χ0v) is 12.4. The van der Waals surface area contributed by atoms with Crippen molar-refractivity contribution in [2.24, 2.45) is 0 Å². The van der Waals surface area contributed by atoms with Crippen molar-refractivity contribution in [1.82, 2.24) is 4.90 Å². The third-order valence-electron chi connectivity index (χ3n) is 3.08. The molecule has 0 atom stereocenters. The molecule has 0 bridgehead atoms. The van der Waals surface area contributed by atoms with Crippen LogP contribution in [0.5, 0.6) is 0 Å². The van der Waals surface area contributed by atoms with Gasteiger partial charge < -0.3 is 14.8 Å². The third-order valence-corrected chi connectivity index (χ3v) is 4.16. The lowest BCUT2D eigenvalue weighted by atomic mass is 10.2. The number of methoxy groups -OCH3 is 1. The van der Waals surface area contributed by atoms with Crippen molar-refractivity contribution in [2.45, 2.75) is 6.92 Å². The van der Waals surface area contributed by atoms with Gasteiger partial charge in [0.25, 0.3) is 0 Å². The van der Waals surface area contributed by atoms with E-state index in [1.54, 1.807) is 0 Å². The Hall–Kier alpha value is -1.44. The lowest BCUT2D eigenvalue weighted by Gasteiger charge is -2.25. The van der Waals surface area contributed by atoms with Gasteiger partial charge in [0.2, 0.25) is 5.91 Å². The Morgan fingerprint density at radius 1 is 1.45 bits per heavy atom. The molecule has 2 rings (SSSR count). The molecule has 1 aromatic heterocycles. The highest BCUT2D eigenvalue weighted by Crippen LogP contribution is 2.28. The van der Waals surface area contributed by atoms with E-state index < -0.39 is 5.97 Å². The van der Waals surface area contributed by atoms with Gasteiger partial charge in [-0.3, -0.25) is 9.69 Å². The van der Waals surface area contributed by atoms with Gasteiger partial charge in [-0.15, -0.1) is 11.3 Å². The van der Waals surface area contributed by atoms with Crippen LogP contribution in [0.25, 0.3) is 0 Å². The number of rotatable bonds is 4. The van der Waals surface area contributed by atoms with Crippen LogP contribution in [0.1, 0.15) is 15.2 Å². The fourth-order valence-corrected chi connectivity index (χ4v) is 2.91. The summed E-state index contributed by atoms with van der Waals surface area (Å²) in [5.41, 5.74) is 1.42. The monoisotopic (exact) mass is 298 g/mol. The number of amides is 1. The molecule has 0 unspecified atom stereocenters. The Morgan fingerprint density at radius 2 is 2.15 bits per heavy atom. The first-order valence-corrected chi connectivity index (χ1v) is 7.26. The van der Waals surface area contributed by atoms with Gasteiger partial charge in [0, 0.05) is 13.1 Å². The normalized spacial score (nSPS) is 15.9. The Bertz CT molecular complexity index is 495. The zero-order valence-electron chi connectivity index (χ0n) is 11.6. The molecule has 20 heavy (non-hydrogen) atoms. The number of hydrogen-bond acceptors (Lipinski definition) is 6. The maximum atomic E-state index is 12.1. The van der Waals surface area contributed by atoms with E-state index in [0.29, 0.717) is 30.3 Å². The van der Waals surface area contributed by atoms with Gasteiger partial charge in [0.1, 0.15) is 4.88 Å². The average Bonchev–Trinajstić information content (AvgIpc) is 2.80. The van der Waals surface area contributed by atoms with Gasteiger partial charge in [-0.05, 0) is 17.9 Å². The summed E-state index contributed by atoms with van der Waals surface area (Å²) in [7, 11) is 1.33. The third kappa shape index (κ3) is 3.56. The van der Waals surface area contributed by atoms with Crippen molar-refractivity contribution in [3.8, 4) is 0 Å². The predicted molar refractivity (Wildman–Crippen MR) is 76.3 cm³/mol. The fraction of sp³-hybridized carbons (Fsp3) is 0.538. The number of carbonyl (C=O) groups excluding carboxylic acids is 2. The van der Waals surface area contributed by atoms with E-state index in [2.05, 4.69) is 5.32 Å². The summed E-state index contributed by atoms with van der Waals surface area (Å²) < 4.78 is 9.95. The predicted octanol–water partition coefficient (Wildman–Crippen LogP) is 1.11. The molecule has 1 aromatic rings. The van der Waals surface area contributed by atoms with E-state index in [4.69, 9.17) is 9.47 Å². The SMILES string of the molecule is COC(=O)c1scc(C)c1NC(=O)CN1CCOCC1. The molecule has 1 saturated heterocycles. The maximum Gasteiger partial charge on any atom is 0.350 e. The lowest BCUT2D eigenvalue weighted by Crippen LogP contribution is -2.41. The second-order valence-corrected chi connectivity index (χ2v) is 5.43. The Labute approximate surface area is 121 Å². The number of carbonyl (C=O) groups is 2. The number of nitrogens with zero attached hydrogens (tertiary/aromatic N) is 1. The van der Waals surface area contributed by atoms with Crippen LogP contribution in [0.15, 0.2) is 5.38 Å². The molecule has 1 aliphatic heterocycles. The molecule has 1 N–H and O–H groups in total. The number of ether oxygens (including phenoxy) is 2. The smallest absolute Gasteiger partial charge is 0.350 e. The summed E-state index contributed by atoms with van der Waals surface area (Å²) in [5.74, 6) is -0.552. The van der Waals surface area contributed by atoms with Gasteiger partial charge in [0.05, 0.1) is 32.6 Å². The number of aryl methyl sites for hydroxylation is 1. The highest BCUT2D eigenvalue weighted by Gasteiger charge is 2.20. The molecule has 1 fully saturated rings. The lowest BCUT2D eigenvalue weighted by molar-refractivity contribution is -0.118. The van der Waals surface area contributed by atoms with Crippen molar-refractivity contribution in [1.29, 1.82) is 0 Å². The number of morpholine rings is 1. The van der Waals surface area contributed by atoms with Crippen LogP contribution in [0.2, 0.25) is 0 Å². The number of esters is 1. The minimum Gasteiger partial charge on any atom is -0.465 e. The molecule has 7 heteroatoms. The van der Waals surface area contributed by atoms with Gasteiger partial charge in [0.15, 0.2) is 0 Å². The molecule has 0 saturated carbocycles. The number of hydrogen-bond donors (Lipinski definition) is 1. The first kappa shape index (κ1) is 15.0. The summed E-state index contributed by atoms with van der Waals surface area (Å²) >= 11 is 1.27. The molecule has 0 aliphatic carbocycles. The summed E-state index contributed by atoms with van der Waals surface area (Å²) in [6, 6.07) is 0. The van der Waals surface area contributed by atoms with Gasteiger partial charge >= 0.3 is 5.97 Å². The van der Waals surface area contributed by atoms with E-state index in [-0.39, 0.29) is 5.91 Å². The van der Waals surface area contributed by atoms with E-state index in [0.717, 1.165) is 18.7 Å². The molecule has 6 nitrogen and oxygen atoms in total. The van der Waals surface area contributed by atoms with Crippen LogP contribution in [0.4, 0.5) is 5.69 Å². The molecule has 0 spiro atoms. The van der Waals surface area contributed by atoms with Crippen LogP contribution >= 0.6 is 11.3 Å². The first-order valence-electron chi connectivity index (χ1n) is 6.38. The van der Waals surface area contributed by atoms with Crippen LogP contribution < -0.4 is 5.32 Å². The molecule has 1 amide bonds. The molecule has 1 aliphatic rings. The van der Waals surface area contributed by atoms with Crippen LogP contribution in [-0.4, -0.2) is 56.7 Å². The second kappa shape index (κ2) is 6.83. The van der Waals surface area contributed by atoms with Gasteiger partial charge in [-0.2, -0.15) is 0 Å². The zero-order chi connectivity index (χ0) is 14.5. The molecule has 0 radical (unpaired) electrons. The molecule has 2 heterocycles. The topological polar surface area (TPSA) is 67.9 Å². The van der Waals surface area contributed by atoms with E-state index in [1.165, 1.54) is 18.4 Å². The molecule has 0 aromatic carbocycles. The van der Waals surface area contributed by atoms with E-state index in [1.807, 2.05) is 17.2 Å². The largest absolute Gasteiger partial charge is 0.465 e. The van der Waals surface area contributed by atoms with Crippen molar-refractivity contribution in [2.75, 3.05) is 45.3 Å². The minimum absolute atomic E-state index is 0.126. The fourth-order valence-electron chi connectivity index (χ4n) is 1.98. The molecular weight excluding hydrogens is 280 g/mol. The maximum absolute atomic E-state index is 12.1. The minimum atomic E-state index is -0.426. The standard InChI is InChI=1S/C13H18N2O4S/c1-9-8-20-12(13(17)18-2)11(9)14-10(16)7-15-3-5-19-6-4-15/h8H,3-7H2,1-2H3,(H,14,16). The van der Waals surface area contributed by atoms with Crippen molar-refractivity contribution < 1.29 is 19.1 Å². The average molecular weight is 298 g/mol. The highest BCUT2D eigenvalue weighted by molar-refractivity contribution is 7.12. The number of nitrogens with one attached hydrogen (secondary N) is 1. The Morgan fingerprint density at radius 3 is 2.80 bits per heavy atom. The second-order valence-electron chi connectivity index (χ2n) is 4.55. The van der Waals surface area contributed by atoms with Gasteiger partial charge in [-0.1, -0.05) is 0 Å². The Kier molecular flexibility index (Phi) is 5.11. The summed E-state index contributed by atoms with van der Waals surface area (Å²) in [6.45, 7) is 4.96. The van der Waals surface area contributed by atoms with E-state index in [9.17, 15) is 9.59 Å². The van der Waals surface area contributed by atoms with Crippen molar-refractivity contribution in [3.05, 3.63) is 15.8 Å². The summed E-state index contributed by atoms with van der Waals surface area (Å²) in [5, 5.41) is 4.64. The van der Waals surface area contributed by atoms with Crippen molar-refractivity contribution >= 4 is 28.9 Å². The molecule has 110 valence electrons. The van der Waals surface area contributed by atoms with E-state index >= 15 is 0 Å². The van der Waals surface area contributed by atoms with Gasteiger partial charge in [-0.25, -0.2) is 4.79 Å². The van der Waals surface area contributed by atoms with Crippen LogP contribution in [0, 0.1) is 6.92 Å². The Balaban J connectivity index is 2.00.